The van der Waals surface area contributed by atoms with Gasteiger partial charge in [0, 0.05) is 12.2 Å². The van der Waals surface area contributed by atoms with Crippen molar-refractivity contribution in [1.82, 2.24) is 20.4 Å². The van der Waals surface area contributed by atoms with Crippen LogP contribution in [0.5, 0.6) is 0 Å². The number of aromatic amines is 1. The van der Waals surface area contributed by atoms with Gasteiger partial charge in [0.25, 0.3) is 0 Å². The molecule has 1 atom stereocenters. The van der Waals surface area contributed by atoms with Crippen LogP contribution in [-0.4, -0.2) is 34.1 Å². The average Bonchev–Trinajstić information content (AvgIpc) is 3.31. The molecule has 0 radical (unpaired) electrons. The molecule has 6 nitrogen and oxygen atoms in total. The van der Waals surface area contributed by atoms with Gasteiger partial charge in [-0.15, -0.1) is 0 Å². The molecule has 1 aliphatic heterocycles. The van der Waals surface area contributed by atoms with Crippen molar-refractivity contribution < 1.29 is 9.21 Å². The minimum absolute atomic E-state index is 0.0562. The third-order valence-electron chi connectivity index (χ3n) is 5.16. The molecule has 0 unspecified atom stereocenters. The zero-order valence-corrected chi connectivity index (χ0v) is 13.9. The molecule has 128 valence electrons. The first kappa shape index (κ1) is 15.4. The van der Waals surface area contributed by atoms with Gasteiger partial charge in [0.15, 0.2) is 0 Å². The smallest absolute Gasteiger partial charge is 0.224 e. The van der Waals surface area contributed by atoms with E-state index in [1.165, 1.54) is 17.7 Å². The Kier molecular flexibility index (Phi) is 4.38. The van der Waals surface area contributed by atoms with Crippen molar-refractivity contribution in [2.24, 2.45) is 5.92 Å². The summed E-state index contributed by atoms with van der Waals surface area (Å²) in [5, 5.41) is 10.6. The van der Waals surface area contributed by atoms with Crippen LogP contribution in [0.4, 0.5) is 0 Å². The number of carbonyl (C=O) groups is 1. The van der Waals surface area contributed by atoms with Crippen LogP contribution in [-0.2, 0) is 30.7 Å². The lowest BCUT2D eigenvalue weighted by Gasteiger charge is -2.31. The van der Waals surface area contributed by atoms with Crippen LogP contribution < -0.4 is 5.32 Å². The fourth-order valence-corrected chi connectivity index (χ4v) is 3.89. The molecule has 2 aromatic rings. The Morgan fingerprint density at radius 3 is 3.25 bits per heavy atom. The van der Waals surface area contributed by atoms with Gasteiger partial charge in [-0.05, 0) is 56.3 Å². The Morgan fingerprint density at radius 1 is 1.42 bits per heavy atom. The zero-order chi connectivity index (χ0) is 16.4. The Hall–Kier alpha value is -2.08. The third kappa shape index (κ3) is 3.24. The second-order valence-electron chi connectivity index (χ2n) is 6.85. The van der Waals surface area contributed by atoms with E-state index >= 15 is 0 Å². The number of hydrogen-bond donors (Lipinski definition) is 2. The number of rotatable bonds is 5. The number of H-pyrrole nitrogens is 1. The predicted octanol–water partition coefficient (Wildman–Crippen LogP) is 2.02. The van der Waals surface area contributed by atoms with Crippen LogP contribution in [0.15, 0.2) is 22.8 Å². The monoisotopic (exact) mass is 328 g/mol. The summed E-state index contributed by atoms with van der Waals surface area (Å²) in [7, 11) is 0. The van der Waals surface area contributed by atoms with E-state index in [1.807, 2.05) is 12.1 Å². The van der Waals surface area contributed by atoms with Gasteiger partial charge in [-0.3, -0.25) is 14.8 Å². The van der Waals surface area contributed by atoms with Crippen molar-refractivity contribution >= 4 is 5.91 Å². The van der Waals surface area contributed by atoms with Crippen LogP contribution in [0.2, 0.25) is 0 Å². The van der Waals surface area contributed by atoms with Gasteiger partial charge < -0.3 is 9.73 Å². The molecule has 1 aliphatic carbocycles. The van der Waals surface area contributed by atoms with Gasteiger partial charge in [0.2, 0.25) is 5.91 Å². The van der Waals surface area contributed by atoms with E-state index in [9.17, 15) is 4.79 Å². The summed E-state index contributed by atoms with van der Waals surface area (Å²) in [6.45, 7) is 3.14. The van der Waals surface area contributed by atoms with Crippen LogP contribution in [0.1, 0.15) is 42.0 Å². The minimum Gasteiger partial charge on any atom is -0.468 e. The van der Waals surface area contributed by atoms with Crippen molar-refractivity contribution in [2.75, 3.05) is 13.1 Å². The number of nitrogens with one attached hydrogen (secondary N) is 2. The first-order valence-electron chi connectivity index (χ1n) is 8.87. The maximum atomic E-state index is 12.5. The molecule has 24 heavy (non-hydrogen) atoms. The summed E-state index contributed by atoms with van der Waals surface area (Å²) >= 11 is 0. The molecule has 2 N–H and O–H groups in total. The van der Waals surface area contributed by atoms with E-state index in [2.05, 4.69) is 20.4 Å². The van der Waals surface area contributed by atoms with Crippen LogP contribution in [0, 0.1) is 5.92 Å². The molecule has 0 saturated carbocycles. The highest BCUT2D eigenvalue weighted by molar-refractivity contribution is 5.79. The second-order valence-corrected chi connectivity index (χ2v) is 6.85. The molecule has 4 rings (SSSR count). The lowest BCUT2D eigenvalue weighted by Crippen LogP contribution is -2.42. The number of aryl methyl sites for hydroxylation is 1. The van der Waals surface area contributed by atoms with Gasteiger partial charge in [-0.1, -0.05) is 0 Å². The van der Waals surface area contributed by atoms with Crippen molar-refractivity contribution in [3.05, 3.63) is 41.1 Å². The summed E-state index contributed by atoms with van der Waals surface area (Å²) in [6, 6.07) is 3.90. The highest BCUT2D eigenvalue weighted by atomic mass is 16.3. The van der Waals surface area contributed by atoms with Crippen molar-refractivity contribution in [3.63, 3.8) is 0 Å². The maximum Gasteiger partial charge on any atom is 0.224 e. The first-order valence-corrected chi connectivity index (χ1v) is 8.87. The molecule has 0 bridgehead atoms. The molecule has 6 heteroatoms. The van der Waals surface area contributed by atoms with Crippen molar-refractivity contribution in [2.45, 2.75) is 45.2 Å². The number of carbonyl (C=O) groups excluding carboxylic acids is 1. The number of aromatic nitrogens is 2. The van der Waals surface area contributed by atoms with E-state index in [1.54, 1.807) is 6.26 Å². The molecular weight excluding hydrogens is 304 g/mol. The van der Waals surface area contributed by atoms with Crippen molar-refractivity contribution in [1.29, 1.82) is 0 Å². The van der Waals surface area contributed by atoms with Gasteiger partial charge in [-0.2, -0.15) is 5.10 Å². The van der Waals surface area contributed by atoms with Crippen LogP contribution >= 0.6 is 0 Å². The quantitative estimate of drug-likeness (QED) is 0.880. The van der Waals surface area contributed by atoms with Gasteiger partial charge in [-0.25, -0.2) is 0 Å². The number of hydrogen-bond acceptors (Lipinski definition) is 4. The minimum atomic E-state index is 0.0562. The maximum absolute atomic E-state index is 12.5. The van der Waals surface area contributed by atoms with Crippen LogP contribution in [0.25, 0.3) is 0 Å². The normalized spacial score (nSPS) is 20.9. The SMILES string of the molecule is O=C(NCc1n[nH]c2c1CCC2)[C@@H]1CCCN(Cc2ccco2)C1. The lowest BCUT2D eigenvalue weighted by molar-refractivity contribution is -0.127. The predicted molar refractivity (Wildman–Crippen MR) is 89.2 cm³/mol. The molecule has 0 spiro atoms. The highest BCUT2D eigenvalue weighted by Gasteiger charge is 2.26. The van der Waals surface area contributed by atoms with Gasteiger partial charge in [0.1, 0.15) is 5.76 Å². The van der Waals surface area contributed by atoms with E-state index in [-0.39, 0.29) is 11.8 Å². The summed E-state index contributed by atoms with van der Waals surface area (Å²) < 4.78 is 5.42. The van der Waals surface area contributed by atoms with Crippen LogP contribution in [0.3, 0.4) is 0 Å². The summed E-state index contributed by atoms with van der Waals surface area (Å²) in [4.78, 5) is 14.8. The Morgan fingerprint density at radius 2 is 2.38 bits per heavy atom. The zero-order valence-electron chi connectivity index (χ0n) is 13.9. The number of amides is 1. The molecule has 1 fully saturated rings. The summed E-state index contributed by atoms with van der Waals surface area (Å²) in [5.74, 6) is 1.16. The molecule has 1 saturated heterocycles. The average molecular weight is 328 g/mol. The number of likely N-dealkylation sites (tertiary alicyclic amines) is 1. The fraction of sp³-hybridized carbons (Fsp3) is 0.556. The highest BCUT2D eigenvalue weighted by Crippen LogP contribution is 2.23. The number of piperidine rings is 1. The molecule has 1 amide bonds. The van der Waals surface area contributed by atoms with Gasteiger partial charge >= 0.3 is 0 Å². The molecule has 2 aliphatic rings. The Balaban J connectivity index is 1.30. The largest absolute Gasteiger partial charge is 0.468 e. The number of fused-ring (bicyclic) bond motifs is 1. The van der Waals surface area contributed by atoms with Crippen molar-refractivity contribution in [3.8, 4) is 0 Å². The Bertz CT molecular complexity index is 692. The molecule has 0 aromatic carbocycles. The van der Waals surface area contributed by atoms with E-state index in [4.69, 9.17) is 4.42 Å². The third-order valence-corrected chi connectivity index (χ3v) is 5.16. The fourth-order valence-electron chi connectivity index (χ4n) is 3.89. The molecule has 3 heterocycles. The molecule has 2 aromatic heterocycles. The van der Waals surface area contributed by atoms with Gasteiger partial charge in [0.05, 0.1) is 31.0 Å². The number of nitrogens with zero attached hydrogens (tertiary/aromatic N) is 2. The summed E-state index contributed by atoms with van der Waals surface area (Å²) in [5.41, 5.74) is 3.58. The topological polar surface area (TPSA) is 74.2 Å². The summed E-state index contributed by atoms with van der Waals surface area (Å²) in [6.07, 6.45) is 7.06. The molecular formula is C18H24N4O2. The first-order chi connectivity index (χ1) is 11.8. The van der Waals surface area contributed by atoms with E-state index < -0.39 is 0 Å². The second kappa shape index (κ2) is 6.81. The number of furan rings is 1. The standard InChI is InChI=1S/C18H24N4O2/c23-18(19-10-17-15-6-1-7-16(15)20-21-17)13-4-2-8-22(11-13)12-14-5-3-9-24-14/h3,5,9,13H,1-2,4,6-8,10-12H2,(H,19,23)(H,20,21)/t13-/m1/s1. The van der Waals surface area contributed by atoms with E-state index in [0.717, 1.165) is 56.8 Å². The van der Waals surface area contributed by atoms with E-state index in [0.29, 0.717) is 6.54 Å². The lowest BCUT2D eigenvalue weighted by atomic mass is 9.97. The Labute approximate surface area is 141 Å².